The first-order chi connectivity index (χ1) is 10.6. The topological polar surface area (TPSA) is 49.4 Å². The number of amides is 2. The number of piperidine rings is 1. The third kappa shape index (κ3) is 4.92. The summed E-state index contributed by atoms with van der Waals surface area (Å²) in [4.78, 5) is 26.7. The summed E-state index contributed by atoms with van der Waals surface area (Å²) in [5, 5.41) is 3.70. The number of hydrogen-bond donors (Lipinski definition) is 1. The minimum atomic E-state index is -0.0711. The van der Waals surface area contributed by atoms with Gasteiger partial charge in [-0.3, -0.25) is 9.59 Å². The van der Waals surface area contributed by atoms with Gasteiger partial charge in [-0.05, 0) is 37.6 Å². The van der Waals surface area contributed by atoms with Crippen LogP contribution in [0.25, 0.3) is 0 Å². The van der Waals surface area contributed by atoms with Gasteiger partial charge in [-0.25, -0.2) is 0 Å². The number of likely N-dealkylation sites (tertiary alicyclic amines) is 1. The summed E-state index contributed by atoms with van der Waals surface area (Å²) in [5.74, 6) is 0.960. The van der Waals surface area contributed by atoms with Crippen molar-refractivity contribution in [3.63, 3.8) is 0 Å². The quantitative estimate of drug-likeness (QED) is 0.640. The van der Waals surface area contributed by atoms with Crippen LogP contribution in [0.1, 0.15) is 19.8 Å². The molecule has 0 spiro atoms. The van der Waals surface area contributed by atoms with Crippen molar-refractivity contribution in [2.24, 2.45) is 5.92 Å². The van der Waals surface area contributed by atoms with E-state index in [2.05, 4.69) is 5.32 Å². The Hall–Kier alpha value is -1.20. The number of halogens is 1. The van der Waals surface area contributed by atoms with Crippen LogP contribution in [0.15, 0.2) is 29.2 Å². The highest BCUT2D eigenvalue weighted by Gasteiger charge is 2.28. The summed E-state index contributed by atoms with van der Waals surface area (Å²) >= 11 is 7.53. The molecule has 0 aliphatic carbocycles. The Labute approximate surface area is 140 Å². The van der Waals surface area contributed by atoms with E-state index in [0.29, 0.717) is 32.5 Å². The maximum absolute atomic E-state index is 12.1. The van der Waals surface area contributed by atoms with Gasteiger partial charge in [0, 0.05) is 41.7 Å². The number of carbonyl (C=O) groups excluding carboxylic acids is 2. The highest BCUT2D eigenvalue weighted by molar-refractivity contribution is 7.99. The Morgan fingerprint density at radius 1 is 1.41 bits per heavy atom. The number of benzene rings is 1. The number of rotatable bonds is 6. The minimum Gasteiger partial charge on any atom is -0.355 e. The van der Waals surface area contributed by atoms with Crippen LogP contribution in [0.4, 0.5) is 0 Å². The van der Waals surface area contributed by atoms with Crippen molar-refractivity contribution < 1.29 is 9.59 Å². The lowest BCUT2D eigenvalue weighted by Crippen LogP contribution is -2.45. The summed E-state index contributed by atoms with van der Waals surface area (Å²) in [6.07, 6.45) is 1.14. The average molecular weight is 341 g/mol. The monoisotopic (exact) mass is 340 g/mol. The zero-order valence-electron chi connectivity index (χ0n) is 12.7. The summed E-state index contributed by atoms with van der Waals surface area (Å²) in [6.45, 7) is 3.80. The van der Waals surface area contributed by atoms with E-state index in [-0.39, 0.29) is 17.7 Å². The first kappa shape index (κ1) is 17.2. The van der Waals surface area contributed by atoms with E-state index >= 15 is 0 Å². The van der Waals surface area contributed by atoms with Gasteiger partial charge in [0.05, 0.1) is 5.92 Å². The van der Waals surface area contributed by atoms with Gasteiger partial charge >= 0.3 is 0 Å². The fraction of sp³-hybridized carbons (Fsp3) is 0.500. The Kier molecular flexibility index (Phi) is 6.58. The van der Waals surface area contributed by atoms with Crippen molar-refractivity contribution in [3.8, 4) is 0 Å². The van der Waals surface area contributed by atoms with Crippen LogP contribution in [0.2, 0.25) is 5.02 Å². The highest BCUT2D eigenvalue weighted by atomic mass is 35.5. The van der Waals surface area contributed by atoms with Crippen molar-refractivity contribution in [1.82, 2.24) is 10.2 Å². The van der Waals surface area contributed by atoms with E-state index in [1.807, 2.05) is 31.2 Å². The molecule has 1 heterocycles. The summed E-state index contributed by atoms with van der Waals surface area (Å²) in [7, 11) is 0. The molecule has 0 aromatic heterocycles. The lowest BCUT2D eigenvalue weighted by molar-refractivity contribution is -0.138. The molecule has 120 valence electrons. The molecule has 1 N–H and O–H groups in total. The van der Waals surface area contributed by atoms with E-state index in [1.54, 1.807) is 16.7 Å². The lowest BCUT2D eigenvalue weighted by Gasteiger charge is -2.31. The molecule has 1 unspecified atom stereocenters. The maximum Gasteiger partial charge on any atom is 0.224 e. The fourth-order valence-corrected chi connectivity index (χ4v) is 3.35. The van der Waals surface area contributed by atoms with Gasteiger partial charge in [0.2, 0.25) is 11.8 Å². The number of nitrogens with zero attached hydrogens (tertiary/aromatic N) is 1. The maximum atomic E-state index is 12.1. The predicted molar refractivity (Wildman–Crippen MR) is 90.2 cm³/mol. The highest BCUT2D eigenvalue weighted by Crippen LogP contribution is 2.20. The summed E-state index contributed by atoms with van der Waals surface area (Å²) in [6, 6.07) is 7.67. The zero-order chi connectivity index (χ0) is 15.9. The molecule has 1 aliphatic rings. The lowest BCUT2D eigenvalue weighted by atomic mass is 9.97. The largest absolute Gasteiger partial charge is 0.355 e. The fourth-order valence-electron chi connectivity index (χ4n) is 2.45. The molecule has 1 saturated heterocycles. The van der Waals surface area contributed by atoms with Crippen molar-refractivity contribution in [2.75, 3.05) is 25.4 Å². The molecule has 1 aromatic rings. The Morgan fingerprint density at radius 3 is 2.82 bits per heavy atom. The van der Waals surface area contributed by atoms with E-state index in [9.17, 15) is 9.59 Å². The van der Waals surface area contributed by atoms with Gasteiger partial charge in [0.1, 0.15) is 0 Å². The molecule has 0 saturated carbocycles. The third-order valence-electron chi connectivity index (χ3n) is 3.74. The first-order valence-electron chi connectivity index (χ1n) is 7.54. The first-order valence-corrected chi connectivity index (χ1v) is 8.90. The Morgan fingerprint density at radius 2 is 2.14 bits per heavy atom. The molecule has 0 radical (unpaired) electrons. The molecular weight excluding hydrogens is 320 g/mol. The molecule has 1 atom stereocenters. The van der Waals surface area contributed by atoms with Crippen LogP contribution in [0.5, 0.6) is 0 Å². The van der Waals surface area contributed by atoms with E-state index in [4.69, 9.17) is 11.6 Å². The van der Waals surface area contributed by atoms with Gasteiger partial charge in [0.25, 0.3) is 0 Å². The normalized spacial score (nSPS) is 18.4. The molecular formula is C16H21ClN2O2S. The van der Waals surface area contributed by atoms with Gasteiger partial charge in [-0.2, -0.15) is 0 Å². The number of thioether (sulfide) groups is 1. The molecule has 0 bridgehead atoms. The van der Waals surface area contributed by atoms with Gasteiger partial charge in [0.15, 0.2) is 0 Å². The molecule has 4 nitrogen and oxygen atoms in total. The van der Waals surface area contributed by atoms with Crippen LogP contribution in [-0.4, -0.2) is 42.1 Å². The number of nitrogens with one attached hydrogen (secondary N) is 1. The molecule has 2 amide bonds. The standard InChI is InChI=1S/C16H21ClN2O2S/c1-2-19-11-12(3-8-15(19)20)16(21)18-9-10-22-14-6-4-13(17)5-7-14/h4-7,12H,2-3,8-11H2,1H3,(H,18,21). The smallest absolute Gasteiger partial charge is 0.224 e. The zero-order valence-corrected chi connectivity index (χ0v) is 14.3. The number of hydrogen-bond acceptors (Lipinski definition) is 3. The molecule has 1 aromatic carbocycles. The van der Waals surface area contributed by atoms with Crippen LogP contribution >= 0.6 is 23.4 Å². The molecule has 1 aliphatic heterocycles. The predicted octanol–water partition coefficient (Wildman–Crippen LogP) is 2.81. The van der Waals surface area contributed by atoms with Crippen LogP contribution in [0.3, 0.4) is 0 Å². The summed E-state index contributed by atoms with van der Waals surface area (Å²) in [5.41, 5.74) is 0. The molecule has 6 heteroatoms. The van der Waals surface area contributed by atoms with E-state index in [1.165, 1.54) is 0 Å². The average Bonchev–Trinajstić information content (AvgIpc) is 2.53. The van der Waals surface area contributed by atoms with Crippen molar-refractivity contribution >= 4 is 35.2 Å². The van der Waals surface area contributed by atoms with Gasteiger partial charge in [-0.15, -0.1) is 11.8 Å². The van der Waals surface area contributed by atoms with Crippen LogP contribution in [-0.2, 0) is 9.59 Å². The third-order valence-corrected chi connectivity index (χ3v) is 5.00. The SMILES string of the molecule is CCN1CC(C(=O)NCCSc2ccc(Cl)cc2)CCC1=O. The van der Waals surface area contributed by atoms with Gasteiger partial charge in [-0.1, -0.05) is 11.6 Å². The van der Waals surface area contributed by atoms with Crippen molar-refractivity contribution in [3.05, 3.63) is 29.3 Å². The second-order valence-electron chi connectivity index (χ2n) is 5.26. The summed E-state index contributed by atoms with van der Waals surface area (Å²) < 4.78 is 0. The van der Waals surface area contributed by atoms with Crippen LogP contribution < -0.4 is 5.32 Å². The van der Waals surface area contributed by atoms with Crippen LogP contribution in [0, 0.1) is 5.92 Å². The Balaban J connectivity index is 1.69. The Bertz CT molecular complexity index is 521. The minimum absolute atomic E-state index is 0.0580. The molecule has 2 rings (SSSR count). The molecule has 1 fully saturated rings. The van der Waals surface area contributed by atoms with E-state index < -0.39 is 0 Å². The number of carbonyl (C=O) groups is 2. The van der Waals surface area contributed by atoms with Crippen molar-refractivity contribution in [2.45, 2.75) is 24.7 Å². The second kappa shape index (κ2) is 8.44. The van der Waals surface area contributed by atoms with Gasteiger partial charge < -0.3 is 10.2 Å². The second-order valence-corrected chi connectivity index (χ2v) is 6.87. The molecule has 22 heavy (non-hydrogen) atoms. The van der Waals surface area contributed by atoms with E-state index in [0.717, 1.165) is 15.7 Å². The van der Waals surface area contributed by atoms with Crippen molar-refractivity contribution in [1.29, 1.82) is 0 Å².